The fourth-order valence-corrected chi connectivity index (χ4v) is 21.5. The number of hydrogen-bond donors (Lipinski definition) is 8. The van der Waals surface area contributed by atoms with E-state index in [4.69, 9.17) is 9.94 Å². The van der Waals surface area contributed by atoms with Gasteiger partial charge < -0.3 is 51.6 Å². The monoisotopic (exact) mass is 1870 g/mol. The van der Waals surface area contributed by atoms with E-state index in [1.54, 1.807) is 6.92 Å². The van der Waals surface area contributed by atoms with Gasteiger partial charge in [0.1, 0.15) is 46.5 Å². The van der Waals surface area contributed by atoms with Gasteiger partial charge in [0.15, 0.2) is 0 Å². The molecule has 35 heteroatoms. The lowest BCUT2D eigenvalue weighted by Crippen LogP contribution is -2.64. The number of hydrogen-bond acceptors (Lipinski definition) is 12. The predicted molar refractivity (Wildman–Crippen MR) is 465 cm³/mol. The minimum Gasteiger partial charge on any atom is -0.411 e. The molecule has 6 unspecified atom stereocenters. The van der Waals surface area contributed by atoms with Crippen molar-refractivity contribution in [2.75, 3.05) is 41.0 Å². The fourth-order valence-electron chi connectivity index (χ4n) is 21.5. The molecule has 20 rings (SSSR count). The summed E-state index contributed by atoms with van der Waals surface area (Å²) in [7, 11) is 0. The van der Waals surface area contributed by atoms with Gasteiger partial charge in [-0.15, -0.1) is 0 Å². The predicted octanol–water partition coefficient (Wildman–Crippen LogP) is 21.1. The summed E-state index contributed by atoms with van der Waals surface area (Å²) in [5, 5.41) is 34.5. The van der Waals surface area contributed by atoms with Crippen molar-refractivity contribution in [1.82, 2.24) is 30.6 Å². The number of carbonyl (C=O) groups excluding carboxylic acids is 6. The van der Waals surface area contributed by atoms with Crippen molar-refractivity contribution in [3.63, 3.8) is 0 Å². The molecule has 4 heterocycles. The van der Waals surface area contributed by atoms with E-state index < -0.39 is 157 Å². The molecule has 706 valence electrons. The third-order valence-electron chi connectivity index (χ3n) is 27.2. The van der Waals surface area contributed by atoms with Gasteiger partial charge in [0.2, 0.25) is 0 Å². The number of aryl methyl sites for hydroxylation is 4. The van der Waals surface area contributed by atoms with Gasteiger partial charge in [0, 0.05) is 99.7 Å². The Morgan fingerprint density at radius 1 is 0.478 bits per heavy atom. The summed E-state index contributed by atoms with van der Waals surface area (Å²) in [5.74, 6) is -26.3. The standard InChI is InChI=1S/C27H28F4N2O2.C26H26F4N2O.C24H23F4N3O3.C22H18F4N4O2/c1-15-7-19(4-6-21(15)28)32-23(34)18-3-5-22(29)20(9-18)27(30,31)24(35)33-26-12-16-8-17(13-26)11-25(2,10-16)14-26;1-14-7-20(4-6-22(14)27)31-24(33)18-3-5-23(28)21(11-18)26(29,30)15(2)32-25-12-16-8-17(13-25)10-19(25)9-16;1-13-7-16(4-6-21(13)25)29-23(32)15-3-5-22(26)20(8-15)24(27,28)14(2)31-18-9-17(30-33)10-19(31)12-34-11-18;1-12-8-15(3-5-17(12)23)28-20(31)13-2-4-18(24)16(9-13)22(25,26)21(32)30-7-6-19-14(11-30)10-27-29-19/h3-7,9,16-17H,8,10-14H2,1-2H3,(H,32,34)(H,33,35);3-7,11,16-17,19,32H,2,8-10,12-13H2,1H3,(H,31,33);3-8,18-19,33H,2,9-12H2,1H3,(H,29,32);2-5,8-10H,6-7,11H2,1H3,(H,27,29)(H,28,31). The van der Waals surface area contributed by atoms with Crippen LogP contribution >= 0.6 is 0 Å². The van der Waals surface area contributed by atoms with Crippen LogP contribution in [0, 0.1) is 109 Å². The summed E-state index contributed by atoms with van der Waals surface area (Å²) in [4.78, 5) is 78.2. The normalized spacial score (nSPS) is 22.8. The van der Waals surface area contributed by atoms with Crippen LogP contribution in [0.2, 0.25) is 0 Å². The zero-order valence-electron chi connectivity index (χ0n) is 73.3. The Bertz CT molecular complexity index is 6160. The summed E-state index contributed by atoms with van der Waals surface area (Å²) in [6, 6.07) is 25.1. The summed E-state index contributed by atoms with van der Waals surface area (Å²) in [5.41, 5.74) is -3.06. The largest absolute Gasteiger partial charge is 0.411 e. The number of H-pyrrole nitrogens is 1. The molecule has 3 aliphatic heterocycles. The lowest BCUT2D eigenvalue weighted by Gasteiger charge is -2.61. The molecule has 6 amide bonds. The molecule has 10 bridgehead atoms. The number of rotatable bonds is 20. The van der Waals surface area contributed by atoms with Crippen LogP contribution in [0.4, 0.5) is 93.0 Å². The number of halogens is 16. The number of benzene rings is 8. The number of carbonyl (C=O) groups is 6. The Kier molecular flexibility index (Phi) is 26.6. The summed E-state index contributed by atoms with van der Waals surface area (Å²) in [6.45, 7) is 15.6. The minimum atomic E-state index is -4.19. The number of morpholine rings is 1. The van der Waals surface area contributed by atoms with Gasteiger partial charge >= 0.3 is 23.7 Å². The second-order valence-electron chi connectivity index (χ2n) is 37.2. The Morgan fingerprint density at radius 3 is 1.25 bits per heavy atom. The van der Waals surface area contributed by atoms with E-state index >= 15 is 35.1 Å². The molecule has 10 fully saturated rings. The summed E-state index contributed by atoms with van der Waals surface area (Å²) in [6.07, 6.45) is 12.3. The second-order valence-corrected chi connectivity index (χ2v) is 37.2. The molecule has 11 aliphatic rings. The molecule has 8 aliphatic carbocycles. The number of aromatic nitrogens is 2. The zero-order valence-corrected chi connectivity index (χ0v) is 73.3. The molecule has 2 saturated heterocycles. The van der Waals surface area contributed by atoms with Crippen LogP contribution in [0.25, 0.3) is 0 Å². The molecular weight excluding hydrogens is 1780 g/mol. The average Bonchev–Trinajstić information content (AvgIpc) is 1.24. The molecule has 0 spiro atoms. The van der Waals surface area contributed by atoms with E-state index in [9.17, 15) is 63.9 Å². The first-order chi connectivity index (χ1) is 63.2. The van der Waals surface area contributed by atoms with Crippen molar-refractivity contribution in [3.05, 3.63) is 301 Å². The number of fused-ring (bicyclic) bond motifs is 3. The van der Waals surface area contributed by atoms with Gasteiger partial charge in [-0.3, -0.25) is 33.9 Å². The molecule has 6 atom stereocenters. The third kappa shape index (κ3) is 19.8. The lowest BCUT2D eigenvalue weighted by molar-refractivity contribution is -0.160. The van der Waals surface area contributed by atoms with Gasteiger partial charge in [-0.2, -0.15) is 40.2 Å². The number of allylic oxidation sites excluding steroid dienone is 2. The highest BCUT2D eigenvalue weighted by atomic mass is 19.3. The number of ether oxygens (including phenoxy) is 1. The highest BCUT2D eigenvalue weighted by Crippen LogP contribution is 2.63. The number of aromatic amines is 1. The van der Waals surface area contributed by atoms with E-state index in [-0.39, 0.29) is 95.0 Å². The van der Waals surface area contributed by atoms with E-state index in [0.717, 1.165) is 116 Å². The Hall–Kier alpha value is -12.8. The summed E-state index contributed by atoms with van der Waals surface area (Å²) < 4.78 is 240. The van der Waals surface area contributed by atoms with Gasteiger partial charge in [0.25, 0.3) is 35.4 Å². The molecule has 0 radical (unpaired) electrons. The van der Waals surface area contributed by atoms with Crippen molar-refractivity contribution in [3.8, 4) is 0 Å². The number of oxime groups is 1. The van der Waals surface area contributed by atoms with Crippen molar-refractivity contribution >= 4 is 63.9 Å². The van der Waals surface area contributed by atoms with Crippen LogP contribution in [-0.2, 0) is 51.0 Å². The van der Waals surface area contributed by atoms with Crippen molar-refractivity contribution < 1.29 is 109 Å². The average molecular weight is 1870 g/mol. The number of nitrogens with zero attached hydrogens (tertiary/aromatic N) is 4. The van der Waals surface area contributed by atoms with Crippen LogP contribution in [0.5, 0.6) is 0 Å². The smallest absolute Gasteiger partial charge is 0.352 e. The molecule has 1 aromatic heterocycles. The lowest BCUT2D eigenvalue weighted by atomic mass is 9.47. The first kappa shape index (κ1) is 95.8. The maximum atomic E-state index is 15.6. The van der Waals surface area contributed by atoms with Crippen molar-refractivity contribution in [1.29, 1.82) is 0 Å². The van der Waals surface area contributed by atoms with Crippen LogP contribution < -0.4 is 31.9 Å². The molecule has 134 heavy (non-hydrogen) atoms. The van der Waals surface area contributed by atoms with E-state index in [1.165, 1.54) is 105 Å². The van der Waals surface area contributed by atoms with Crippen LogP contribution in [0.15, 0.2) is 181 Å². The SMILES string of the molecule is C=C(N1C2COCC1CC(=NO)C2)C(F)(F)c1cc(C(=O)Nc2ccc(F)c(C)c2)ccc1F.C=C(NC12CC3CC(CC1C3)C2)C(F)(F)c1cc(C(=O)Nc2ccc(F)c(C)c2)ccc1F.Cc1cc(NC(=O)c2ccc(F)c(C(F)(F)C(=O)N3CCc4[nH]ncc4C3)c2)ccc1F.Cc1cc(NC(=O)c2ccc(F)c(C(F)(F)C(=O)NC34CC5CC(CC(C)(C5)C3)C4)c2)ccc1F. The quantitative estimate of drug-likeness (QED) is 0.0202. The molecule has 8 N–H and O–H groups in total. The van der Waals surface area contributed by atoms with Gasteiger partial charge in [-0.05, 0) is 301 Å². The highest BCUT2D eigenvalue weighted by molar-refractivity contribution is 6.07. The minimum absolute atomic E-state index is 0.0231. The second kappa shape index (κ2) is 37.2. The van der Waals surface area contributed by atoms with E-state index in [2.05, 4.69) is 67.3 Å². The summed E-state index contributed by atoms with van der Waals surface area (Å²) >= 11 is 0. The van der Waals surface area contributed by atoms with E-state index in [1.807, 2.05) is 0 Å². The first-order valence-electron chi connectivity index (χ1n) is 43.6. The number of alkyl halides is 8. The topological polar surface area (TPSA) is 252 Å². The van der Waals surface area contributed by atoms with Crippen molar-refractivity contribution in [2.45, 2.75) is 178 Å². The maximum Gasteiger partial charge on any atom is 0.352 e. The molecule has 9 aromatic rings. The Labute approximate surface area is 760 Å². The van der Waals surface area contributed by atoms with Gasteiger partial charge in [-0.1, -0.05) is 25.2 Å². The Morgan fingerprint density at radius 2 is 0.858 bits per heavy atom. The molecule has 19 nitrogen and oxygen atoms in total. The van der Waals surface area contributed by atoms with Gasteiger partial charge in [0.05, 0.1) is 70.9 Å². The van der Waals surface area contributed by atoms with Crippen LogP contribution in [0.1, 0.15) is 188 Å². The van der Waals surface area contributed by atoms with E-state index in [0.29, 0.717) is 107 Å². The first-order valence-corrected chi connectivity index (χ1v) is 43.6. The number of amides is 6. The number of nitrogens with one attached hydrogen (secondary N) is 7. The van der Waals surface area contributed by atoms with Crippen molar-refractivity contribution in [2.24, 2.45) is 40.2 Å². The highest BCUT2D eigenvalue weighted by Gasteiger charge is 2.61. The van der Waals surface area contributed by atoms with Crippen LogP contribution in [-0.4, -0.2) is 109 Å². The van der Waals surface area contributed by atoms with Crippen LogP contribution in [0.3, 0.4) is 0 Å². The fraction of sp³-hybridized carbons (Fsp3) is 0.374. The van der Waals surface area contributed by atoms with Gasteiger partial charge in [-0.25, -0.2) is 35.1 Å². The molecular formula is C99H95F16N11O8. The zero-order chi connectivity index (χ0) is 96.4. The number of anilines is 4. The molecule has 8 aromatic carbocycles. The third-order valence-corrected chi connectivity index (χ3v) is 27.2. The molecule has 8 saturated carbocycles. The maximum absolute atomic E-state index is 15.6. The number of piperidine rings is 1. The Balaban J connectivity index is 0.000000136.